The number of rotatable bonds is 3. The summed E-state index contributed by atoms with van der Waals surface area (Å²) in [7, 11) is 0. The first-order valence-corrected chi connectivity index (χ1v) is 8.54. The van der Waals surface area contributed by atoms with Gasteiger partial charge in [-0.3, -0.25) is 10.1 Å². The Kier molecular flexibility index (Phi) is 6.35. The summed E-state index contributed by atoms with van der Waals surface area (Å²) >= 11 is 0. The van der Waals surface area contributed by atoms with Crippen LogP contribution >= 0.6 is 0 Å². The molecule has 136 valence electrons. The Morgan fingerprint density at radius 2 is 2.00 bits per heavy atom. The highest BCUT2D eigenvalue weighted by atomic mass is 16.6. The van der Waals surface area contributed by atoms with Gasteiger partial charge in [-0.25, -0.2) is 4.79 Å². The van der Waals surface area contributed by atoms with Gasteiger partial charge >= 0.3 is 5.97 Å². The molecule has 0 aromatic heterocycles. The number of nitro benzene ring substituents is 1. The summed E-state index contributed by atoms with van der Waals surface area (Å²) in [5, 5.41) is 10.7. The van der Waals surface area contributed by atoms with Gasteiger partial charge in [0.15, 0.2) is 6.10 Å². The first-order chi connectivity index (χ1) is 12.3. The van der Waals surface area contributed by atoms with Gasteiger partial charge in [0, 0.05) is 25.0 Å². The summed E-state index contributed by atoms with van der Waals surface area (Å²) in [6, 6.07) is 5.37. The van der Waals surface area contributed by atoms with Gasteiger partial charge < -0.3 is 4.74 Å². The summed E-state index contributed by atoms with van der Waals surface area (Å²) in [4.78, 5) is 22.5. The molecule has 1 aromatic rings. The Morgan fingerprint density at radius 3 is 2.65 bits per heavy atom. The lowest BCUT2D eigenvalue weighted by Gasteiger charge is -2.18. The Hall–Kier alpha value is -2.87. The fourth-order valence-electron chi connectivity index (χ4n) is 2.53. The van der Waals surface area contributed by atoms with Crippen molar-refractivity contribution >= 4 is 11.7 Å². The summed E-state index contributed by atoms with van der Waals surface area (Å²) in [6.45, 7) is 6.35. The summed E-state index contributed by atoms with van der Waals surface area (Å²) in [5.41, 5.74) is 1.39. The number of esters is 1. The number of ether oxygens (including phenoxy) is 1. The number of allylic oxidation sites excluding steroid dienone is 3. The van der Waals surface area contributed by atoms with Gasteiger partial charge in [-0.05, 0) is 30.9 Å². The van der Waals surface area contributed by atoms with E-state index in [1.165, 1.54) is 24.3 Å². The van der Waals surface area contributed by atoms with E-state index in [0.29, 0.717) is 12.8 Å². The number of carbonyl (C=O) groups excluding carboxylic acids is 1. The Morgan fingerprint density at radius 1 is 1.31 bits per heavy atom. The zero-order valence-electron chi connectivity index (χ0n) is 15.3. The lowest BCUT2D eigenvalue weighted by Crippen LogP contribution is -2.17. The first kappa shape index (κ1) is 19.5. The van der Waals surface area contributed by atoms with Gasteiger partial charge in [0.1, 0.15) is 0 Å². The molecule has 0 aliphatic heterocycles. The van der Waals surface area contributed by atoms with E-state index in [9.17, 15) is 14.9 Å². The molecule has 5 nitrogen and oxygen atoms in total. The molecule has 0 radical (unpaired) electrons. The maximum atomic E-state index is 12.3. The summed E-state index contributed by atoms with van der Waals surface area (Å²) in [5.74, 6) is 5.52. The normalized spacial score (nSPS) is 22.6. The number of nitrogens with zero attached hydrogens (tertiary/aromatic N) is 1. The smallest absolute Gasteiger partial charge is 0.339 e. The second-order valence-corrected chi connectivity index (χ2v) is 7.07. The minimum Gasteiger partial charge on any atom is -0.445 e. The Bertz CT molecular complexity index is 792. The molecular weight excluding hydrogens is 330 g/mol. The van der Waals surface area contributed by atoms with Gasteiger partial charge in [0.2, 0.25) is 0 Å². The lowest BCUT2D eigenvalue weighted by atomic mass is 9.87. The molecule has 0 saturated carbocycles. The highest BCUT2D eigenvalue weighted by Crippen LogP contribution is 2.25. The molecule has 0 spiro atoms. The van der Waals surface area contributed by atoms with Crippen molar-refractivity contribution in [3.05, 3.63) is 63.7 Å². The molecule has 26 heavy (non-hydrogen) atoms. The number of carbonyl (C=O) groups is 1. The minimum atomic E-state index is -0.538. The second-order valence-electron chi connectivity index (χ2n) is 7.07. The van der Waals surface area contributed by atoms with E-state index >= 15 is 0 Å². The molecule has 1 aliphatic rings. The Balaban J connectivity index is 2.12. The molecule has 1 aliphatic carbocycles. The van der Waals surface area contributed by atoms with Crippen LogP contribution in [0.15, 0.2) is 48.1 Å². The number of non-ortho nitro benzene ring substituents is 1. The van der Waals surface area contributed by atoms with Gasteiger partial charge in [0.05, 0.1) is 10.5 Å². The third-order valence-corrected chi connectivity index (χ3v) is 4.10. The second kappa shape index (κ2) is 8.48. The molecule has 5 heteroatoms. The van der Waals surface area contributed by atoms with E-state index in [1.54, 1.807) is 0 Å². The monoisotopic (exact) mass is 353 g/mol. The number of hydrogen-bond acceptors (Lipinski definition) is 4. The molecule has 1 aromatic carbocycles. The van der Waals surface area contributed by atoms with Crippen LogP contribution in [0.3, 0.4) is 0 Å². The van der Waals surface area contributed by atoms with Crippen molar-refractivity contribution in [2.75, 3.05) is 0 Å². The maximum Gasteiger partial charge on any atom is 0.339 e. The van der Waals surface area contributed by atoms with Crippen molar-refractivity contribution in [1.29, 1.82) is 0 Å². The van der Waals surface area contributed by atoms with Crippen LogP contribution in [0.4, 0.5) is 5.69 Å². The highest BCUT2D eigenvalue weighted by Gasteiger charge is 2.17. The largest absolute Gasteiger partial charge is 0.445 e. The van der Waals surface area contributed by atoms with Crippen LogP contribution in [0.25, 0.3) is 0 Å². The SMILES string of the molecule is C/C1=C\CC(C)(C)/C=C\CC#CC(OC(=O)c2ccc([N+](=O)[O-])cc2)C1. The van der Waals surface area contributed by atoms with Crippen molar-refractivity contribution in [3.8, 4) is 11.8 Å². The molecule has 0 saturated heterocycles. The van der Waals surface area contributed by atoms with Crippen molar-refractivity contribution in [3.63, 3.8) is 0 Å². The zero-order valence-corrected chi connectivity index (χ0v) is 15.3. The topological polar surface area (TPSA) is 69.4 Å². The van der Waals surface area contributed by atoms with Gasteiger partial charge in [-0.2, -0.15) is 0 Å². The van der Waals surface area contributed by atoms with E-state index < -0.39 is 17.0 Å². The predicted molar refractivity (Wildman–Crippen MR) is 101 cm³/mol. The molecule has 0 bridgehead atoms. The van der Waals surface area contributed by atoms with E-state index in [-0.39, 0.29) is 16.7 Å². The van der Waals surface area contributed by atoms with Crippen LogP contribution in [-0.2, 0) is 4.74 Å². The highest BCUT2D eigenvalue weighted by molar-refractivity contribution is 5.89. The average Bonchev–Trinajstić information content (AvgIpc) is 2.61. The molecule has 2 rings (SSSR count). The van der Waals surface area contributed by atoms with Gasteiger partial charge in [-0.1, -0.05) is 49.5 Å². The van der Waals surface area contributed by atoms with Crippen molar-refractivity contribution < 1.29 is 14.5 Å². The minimum absolute atomic E-state index is 0.0653. The van der Waals surface area contributed by atoms with Crippen LogP contribution in [0.5, 0.6) is 0 Å². The van der Waals surface area contributed by atoms with Crippen LogP contribution in [0, 0.1) is 27.4 Å². The predicted octanol–water partition coefficient (Wildman–Crippen LogP) is 4.84. The maximum absolute atomic E-state index is 12.3. The van der Waals surface area contributed by atoms with Crippen LogP contribution in [-0.4, -0.2) is 17.0 Å². The van der Waals surface area contributed by atoms with Crippen molar-refractivity contribution in [2.24, 2.45) is 5.41 Å². The molecule has 1 unspecified atom stereocenters. The quantitative estimate of drug-likeness (QED) is 0.256. The molecule has 0 heterocycles. The number of benzene rings is 1. The molecule has 0 fully saturated rings. The van der Waals surface area contributed by atoms with Crippen LogP contribution < -0.4 is 0 Å². The third-order valence-electron chi connectivity index (χ3n) is 4.10. The fourth-order valence-corrected chi connectivity index (χ4v) is 2.53. The van der Waals surface area contributed by atoms with Gasteiger partial charge in [0.25, 0.3) is 5.69 Å². The zero-order chi connectivity index (χ0) is 19.2. The third kappa shape index (κ3) is 5.89. The van der Waals surface area contributed by atoms with Crippen LogP contribution in [0.1, 0.15) is 50.4 Å². The fraction of sp³-hybridized carbons (Fsp3) is 0.381. The van der Waals surface area contributed by atoms with E-state index in [2.05, 4.69) is 37.8 Å². The van der Waals surface area contributed by atoms with E-state index in [4.69, 9.17) is 4.74 Å². The number of nitro groups is 1. The van der Waals surface area contributed by atoms with E-state index in [0.717, 1.165) is 12.0 Å². The van der Waals surface area contributed by atoms with Crippen LogP contribution in [0.2, 0.25) is 0 Å². The Labute approximate surface area is 153 Å². The summed E-state index contributed by atoms with van der Waals surface area (Å²) in [6.07, 6.45) is 7.87. The molecule has 1 atom stereocenters. The summed E-state index contributed by atoms with van der Waals surface area (Å²) < 4.78 is 5.53. The van der Waals surface area contributed by atoms with Crippen molar-refractivity contribution in [1.82, 2.24) is 0 Å². The lowest BCUT2D eigenvalue weighted by molar-refractivity contribution is -0.384. The molecule has 0 amide bonds. The standard InChI is InChI=1S/C21H23NO4/c1-16-12-14-21(2,3)13-6-4-5-7-19(15-16)26-20(23)17-8-10-18(11-9-17)22(24)25/h6,8-13,19H,4,14-15H2,1-3H3/b13-6-,16-12+. The number of hydrogen-bond donors (Lipinski definition) is 0. The van der Waals surface area contributed by atoms with Crippen molar-refractivity contribution in [2.45, 2.75) is 46.1 Å². The molecular formula is C21H23NO4. The average molecular weight is 353 g/mol. The van der Waals surface area contributed by atoms with Gasteiger partial charge in [-0.15, -0.1) is 0 Å². The van der Waals surface area contributed by atoms with E-state index in [1.807, 2.05) is 13.0 Å². The first-order valence-electron chi connectivity index (χ1n) is 8.54. The molecule has 0 N–H and O–H groups in total.